The van der Waals surface area contributed by atoms with E-state index in [1.54, 1.807) is 43.7 Å². The lowest BCUT2D eigenvalue weighted by Crippen LogP contribution is -2.28. The number of nitrogens with zero attached hydrogens (tertiary/aromatic N) is 8. The smallest absolute Gasteiger partial charge is 0.267 e. The normalized spacial score (nSPS) is 12.1. The summed E-state index contributed by atoms with van der Waals surface area (Å²) in [6.45, 7) is 5.03. The molecule has 0 unspecified atom stereocenters. The highest BCUT2D eigenvalue weighted by Gasteiger charge is 2.23. The van der Waals surface area contributed by atoms with E-state index in [-0.39, 0.29) is 17.2 Å². The molecule has 4 N–H and O–H groups in total. The van der Waals surface area contributed by atoms with Crippen molar-refractivity contribution in [2.24, 2.45) is 7.05 Å². The number of rotatable bonds is 5. The summed E-state index contributed by atoms with van der Waals surface area (Å²) in [4.78, 5) is 28.7. The molecule has 196 valence electrons. The second-order valence-electron chi connectivity index (χ2n) is 9.41. The lowest BCUT2D eigenvalue weighted by atomic mass is 10.1. The molecule has 0 fully saturated rings. The van der Waals surface area contributed by atoms with Gasteiger partial charge in [0.2, 0.25) is 5.82 Å². The standard InChI is InChI=1S/C27H26N10O2/c1-16(31-23-21(22(28)29-15-30-23)24-33-35-36(4)34-24)25-32-19-12-8-9-17(13-14-27(2,3)39)20(19)26(38)37(25)18-10-6-5-7-11-18/h5-12,15-16,39H,1-4H3,(H3,28,29,30,31)/t16-/m0/s1. The Morgan fingerprint density at radius 2 is 1.87 bits per heavy atom. The van der Waals surface area contributed by atoms with Crippen molar-refractivity contribution in [2.75, 3.05) is 11.1 Å². The maximum absolute atomic E-state index is 14.1. The van der Waals surface area contributed by atoms with Gasteiger partial charge in [-0.25, -0.2) is 15.0 Å². The van der Waals surface area contributed by atoms with Gasteiger partial charge in [0.1, 0.15) is 35.0 Å². The van der Waals surface area contributed by atoms with Crippen LogP contribution in [0.4, 0.5) is 11.6 Å². The van der Waals surface area contributed by atoms with Crippen LogP contribution >= 0.6 is 0 Å². The number of tetrazole rings is 1. The molecule has 0 aliphatic heterocycles. The molecule has 0 amide bonds. The van der Waals surface area contributed by atoms with E-state index in [0.717, 1.165) is 0 Å². The van der Waals surface area contributed by atoms with E-state index < -0.39 is 11.6 Å². The highest BCUT2D eigenvalue weighted by atomic mass is 16.3. The summed E-state index contributed by atoms with van der Waals surface area (Å²) >= 11 is 0. The summed E-state index contributed by atoms with van der Waals surface area (Å²) in [7, 11) is 1.64. The third kappa shape index (κ3) is 5.16. The largest absolute Gasteiger partial charge is 0.383 e. The number of nitrogen functional groups attached to an aromatic ring is 1. The Hall–Kier alpha value is -5.15. The highest BCUT2D eigenvalue weighted by molar-refractivity contribution is 5.85. The van der Waals surface area contributed by atoms with Crippen LogP contribution < -0.4 is 16.6 Å². The molecule has 12 nitrogen and oxygen atoms in total. The Labute approximate surface area is 223 Å². The zero-order chi connectivity index (χ0) is 27.7. The van der Waals surface area contributed by atoms with E-state index in [4.69, 9.17) is 10.7 Å². The number of aliphatic hydroxyl groups is 1. The number of hydrogen-bond donors (Lipinski definition) is 3. The van der Waals surface area contributed by atoms with Crippen LogP contribution in [0.2, 0.25) is 0 Å². The van der Waals surface area contributed by atoms with E-state index in [1.807, 2.05) is 37.3 Å². The van der Waals surface area contributed by atoms with E-state index in [1.165, 1.54) is 11.1 Å². The first kappa shape index (κ1) is 25.5. The number of nitrogens with one attached hydrogen (secondary N) is 1. The summed E-state index contributed by atoms with van der Waals surface area (Å²) in [5, 5.41) is 26.0. The number of para-hydroxylation sites is 1. The maximum atomic E-state index is 14.1. The number of hydrogen-bond acceptors (Lipinski definition) is 10. The number of nitrogens with two attached hydrogens (primary N) is 1. The Morgan fingerprint density at radius 1 is 1.10 bits per heavy atom. The summed E-state index contributed by atoms with van der Waals surface area (Å²) in [6.07, 6.45) is 1.33. The topological polar surface area (TPSA) is 163 Å². The fourth-order valence-electron chi connectivity index (χ4n) is 4.07. The van der Waals surface area contributed by atoms with Crippen molar-refractivity contribution < 1.29 is 5.11 Å². The first-order valence-corrected chi connectivity index (χ1v) is 12.1. The van der Waals surface area contributed by atoms with Gasteiger partial charge in [0.15, 0.2) is 0 Å². The van der Waals surface area contributed by atoms with Crippen molar-refractivity contribution in [3.05, 3.63) is 76.6 Å². The molecule has 39 heavy (non-hydrogen) atoms. The molecule has 0 bridgehead atoms. The number of anilines is 2. The quantitative estimate of drug-likeness (QED) is 0.292. The highest BCUT2D eigenvalue weighted by Crippen LogP contribution is 2.30. The minimum absolute atomic E-state index is 0.176. The monoisotopic (exact) mass is 522 g/mol. The minimum atomic E-state index is -1.22. The summed E-state index contributed by atoms with van der Waals surface area (Å²) in [5.74, 6) is 6.96. The Balaban J connectivity index is 1.69. The molecule has 3 heterocycles. The van der Waals surface area contributed by atoms with Gasteiger partial charge in [-0.05, 0) is 50.3 Å². The van der Waals surface area contributed by atoms with Crippen LogP contribution in [0.3, 0.4) is 0 Å². The van der Waals surface area contributed by atoms with Gasteiger partial charge >= 0.3 is 0 Å². The second-order valence-corrected chi connectivity index (χ2v) is 9.41. The fraction of sp³-hybridized carbons (Fsp3) is 0.222. The molecule has 5 aromatic rings. The van der Waals surface area contributed by atoms with Gasteiger partial charge in [-0.1, -0.05) is 36.1 Å². The van der Waals surface area contributed by atoms with Gasteiger partial charge in [0.05, 0.1) is 29.7 Å². The number of aryl methyl sites for hydroxylation is 1. The van der Waals surface area contributed by atoms with E-state index in [9.17, 15) is 9.90 Å². The van der Waals surface area contributed by atoms with Crippen LogP contribution in [-0.2, 0) is 7.05 Å². The molecular formula is C27H26N10O2. The Kier molecular flexibility index (Phi) is 6.51. The Morgan fingerprint density at radius 3 is 2.56 bits per heavy atom. The van der Waals surface area contributed by atoms with Crippen molar-refractivity contribution in [2.45, 2.75) is 32.4 Å². The lowest BCUT2D eigenvalue weighted by molar-refractivity contribution is 0.143. The predicted molar refractivity (Wildman–Crippen MR) is 147 cm³/mol. The summed E-state index contributed by atoms with van der Waals surface area (Å²) in [5.41, 5.74) is 6.60. The van der Waals surface area contributed by atoms with Gasteiger partial charge in [-0.15, -0.1) is 10.2 Å². The van der Waals surface area contributed by atoms with Gasteiger partial charge in [0, 0.05) is 5.56 Å². The number of benzene rings is 2. The number of aromatic nitrogens is 8. The minimum Gasteiger partial charge on any atom is -0.383 e. The van der Waals surface area contributed by atoms with Crippen molar-refractivity contribution in [3.63, 3.8) is 0 Å². The molecule has 1 atom stereocenters. The van der Waals surface area contributed by atoms with Gasteiger partial charge in [0.25, 0.3) is 5.56 Å². The first-order chi connectivity index (χ1) is 18.6. The van der Waals surface area contributed by atoms with Gasteiger partial charge in [-0.2, -0.15) is 4.80 Å². The molecule has 0 saturated heterocycles. The predicted octanol–water partition coefficient (Wildman–Crippen LogP) is 2.24. The Bertz CT molecular complexity index is 1790. The summed E-state index contributed by atoms with van der Waals surface area (Å²) < 4.78 is 1.54. The van der Waals surface area contributed by atoms with Crippen molar-refractivity contribution >= 4 is 22.5 Å². The zero-order valence-electron chi connectivity index (χ0n) is 21.8. The molecule has 0 radical (unpaired) electrons. The van der Waals surface area contributed by atoms with Gasteiger partial charge < -0.3 is 16.2 Å². The van der Waals surface area contributed by atoms with Crippen LogP contribution in [0.5, 0.6) is 0 Å². The second kappa shape index (κ2) is 9.96. The van der Waals surface area contributed by atoms with E-state index in [2.05, 4.69) is 42.5 Å². The molecule has 0 spiro atoms. The van der Waals surface area contributed by atoms with Crippen LogP contribution in [-0.4, -0.2) is 50.4 Å². The van der Waals surface area contributed by atoms with Crippen LogP contribution in [0.1, 0.15) is 38.2 Å². The molecular weight excluding hydrogens is 496 g/mol. The fourth-order valence-corrected chi connectivity index (χ4v) is 4.07. The molecule has 3 aromatic heterocycles. The SMILES string of the molecule is C[C@H](Nc1ncnc(N)c1-c1nnn(C)n1)c1nc2cccc(C#CC(C)(C)O)c2c(=O)n1-c1ccccc1. The van der Waals surface area contributed by atoms with E-state index >= 15 is 0 Å². The first-order valence-electron chi connectivity index (χ1n) is 12.1. The summed E-state index contributed by atoms with van der Waals surface area (Å²) in [6, 6.07) is 14.0. The lowest BCUT2D eigenvalue weighted by Gasteiger charge is -2.21. The third-order valence-electron chi connectivity index (χ3n) is 5.79. The zero-order valence-corrected chi connectivity index (χ0v) is 21.8. The molecule has 0 aliphatic rings. The number of fused-ring (bicyclic) bond motifs is 1. The van der Waals surface area contributed by atoms with Gasteiger partial charge in [-0.3, -0.25) is 9.36 Å². The molecule has 0 saturated carbocycles. The third-order valence-corrected chi connectivity index (χ3v) is 5.79. The molecule has 5 rings (SSSR count). The van der Waals surface area contributed by atoms with Crippen LogP contribution in [0.15, 0.2) is 59.7 Å². The average molecular weight is 523 g/mol. The van der Waals surface area contributed by atoms with Crippen molar-refractivity contribution in [1.82, 2.24) is 39.7 Å². The van der Waals surface area contributed by atoms with Crippen molar-refractivity contribution in [3.8, 4) is 28.9 Å². The van der Waals surface area contributed by atoms with Crippen LogP contribution in [0, 0.1) is 11.8 Å². The molecule has 12 heteroatoms. The molecule has 0 aliphatic carbocycles. The van der Waals surface area contributed by atoms with Crippen LogP contribution in [0.25, 0.3) is 28.0 Å². The average Bonchev–Trinajstić information content (AvgIpc) is 3.32. The van der Waals surface area contributed by atoms with Crippen molar-refractivity contribution in [1.29, 1.82) is 0 Å². The molecule has 2 aromatic carbocycles. The van der Waals surface area contributed by atoms with E-state index in [0.29, 0.717) is 39.4 Å². The maximum Gasteiger partial charge on any atom is 0.267 e.